The molecule has 1 atom stereocenters. The average molecular weight is 458 g/mol. The van der Waals surface area contributed by atoms with Crippen LogP contribution in [0.25, 0.3) is 0 Å². The number of nitrogens with one attached hydrogen (secondary N) is 1. The summed E-state index contributed by atoms with van der Waals surface area (Å²) in [6, 6.07) is 17.1. The van der Waals surface area contributed by atoms with E-state index < -0.39 is 27.0 Å². The van der Waals surface area contributed by atoms with Gasteiger partial charge in [-0.15, -0.1) is 0 Å². The lowest BCUT2D eigenvalue weighted by Crippen LogP contribution is -2.42. The Hall–Kier alpha value is -2.68. The molecule has 7 nitrogen and oxygen atoms in total. The van der Waals surface area contributed by atoms with Crippen LogP contribution in [0.5, 0.6) is 0 Å². The largest absolute Gasteiger partial charge is 0.463 e. The van der Waals surface area contributed by atoms with E-state index in [4.69, 9.17) is 14.2 Å². The van der Waals surface area contributed by atoms with Gasteiger partial charge in [0.2, 0.25) is 10.0 Å². The zero-order valence-electron chi connectivity index (χ0n) is 18.0. The van der Waals surface area contributed by atoms with Crippen molar-refractivity contribution >= 4 is 21.7 Å². The number of ether oxygens (including phenoxy) is 3. The van der Waals surface area contributed by atoms with E-state index in [0.717, 1.165) is 11.1 Å². The van der Waals surface area contributed by atoms with Gasteiger partial charge in [0, 0.05) is 6.42 Å². The van der Waals surface area contributed by atoms with Gasteiger partial charge < -0.3 is 14.2 Å². The molecule has 2 aromatic carbocycles. The normalized spacial score (nSPS) is 20.0. The number of carbonyl (C=O) groups is 1. The van der Waals surface area contributed by atoms with Gasteiger partial charge in [-0.3, -0.25) is 4.72 Å². The minimum absolute atomic E-state index is 0.0491. The van der Waals surface area contributed by atoms with Crippen molar-refractivity contribution in [2.45, 2.75) is 37.2 Å². The molecule has 0 bridgehead atoms. The topological polar surface area (TPSA) is 90.9 Å². The van der Waals surface area contributed by atoms with Gasteiger partial charge in [-0.2, -0.15) is 0 Å². The highest BCUT2D eigenvalue weighted by Crippen LogP contribution is 2.38. The molecule has 1 N–H and O–H groups in total. The van der Waals surface area contributed by atoms with E-state index in [-0.39, 0.29) is 18.6 Å². The summed E-state index contributed by atoms with van der Waals surface area (Å²) in [7, 11) is -3.94. The molecule has 1 saturated heterocycles. The number of esters is 1. The van der Waals surface area contributed by atoms with Crippen molar-refractivity contribution in [2.24, 2.45) is 0 Å². The second kappa shape index (κ2) is 9.44. The molecule has 0 saturated carbocycles. The molecule has 0 radical (unpaired) electrons. The highest BCUT2D eigenvalue weighted by Gasteiger charge is 2.46. The Kier molecular flexibility index (Phi) is 6.64. The molecular formula is C24H27NO6S. The maximum atomic E-state index is 13.4. The summed E-state index contributed by atoms with van der Waals surface area (Å²) in [4.78, 5) is 12.7. The van der Waals surface area contributed by atoms with E-state index in [1.807, 2.05) is 42.5 Å². The molecule has 4 rings (SSSR count). The maximum absolute atomic E-state index is 13.4. The standard InChI is InChI=1S/C24H27NO6S/c1-2-29-23(26)20-17-24(30-14-15-31-24)13-12-22(20)32(27,28)25-21-11-7-6-10-19(21)16-18-8-4-3-5-9-18/h3-11,17,22,25H,2,12-16H2,1H3. The van der Waals surface area contributed by atoms with Gasteiger partial charge in [-0.1, -0.05) is 48.5 Å². The van der Waals surface area contributed by atoms with Gasteiger partial charge in [-0.05, 0) is 43.0 Å². The van der Waals surface area contributed by atoms with Crippen LogP contribution in [-0.4, -0.2) is 45.2 Å². The van der Waals surface area contributed by atoms with Gasteiger partial charge >= 0.3 is 5.97 Å². The van der Waals surface area contributed by atoms with Crippen molar-refractivity contribution in [3.63, 3.8) is 0 Å². The second-order valence-corrected chi connectivity index (χ2v) is 9.69. The number of hydrogen-bond donors (Lipinski definition) is 1. The smallest absolute Gasteiger partial charge is 0.335 e. The zero-order valence-corrected chi connectivity index (χ0v) is 18.8. The van der Waals surface area contributed by atoms with E-state index in [1.165, 1.54) is 6.08 Å². The van der Waals surface area contributed by atoms with Crippen LogP contribution >= 0.6 is 0 Å². The lowest BCUT2D eigenvalue weighted by molar-refractivity contribution is -0.143. The van der Waals surface area contributed by atoms with E-state index in [9.17, 15) is 13.2 Å². The first-order valence-corrected chi connectivity index (χ1v) is 12.3. The first kappa shape index (κ1) is 22.5. The summed E-state index contributed by atoms with van der Waals surface area (Å²) in [6.45, 7) is 2.62. The van der Waals surface area contributed by atoms with Crippen LogP contribution in [0.4, 0.5) is 5.69 Å². The summed E-state index contributed by atoms with van der Waals surface area (Å²) in [5.74, 6) is -1.72. The molecule has 1 aliphatic heterocycles. The van der Waals surface area contributed by atoms with Gasteiger partial charge in [-0.25, -0.2) is 13.2 Å². The van der Waals surface area contributed by atoms with Crippen molar-refractivity contribution in [1.82, 2.24) is 0 Å². The predicted molar refractivity (Wildman–Crippen MR) is 121 cm³/mol. The minimum Gasteiger partial charge on any atom is -0.463 e. The number of anilines is 1. The Bertz CT molecular complexity index is 1090. The molecule has 1 heterocycles. The summed E-state index contributed by atoms with van der Waals surface area (Å²) in [5, 5.41) is -1.07. The third kappa shape index (κ3) is 4.87. The molecule has 2 aliphatic rings. The number of carbonyl (C=O) groups excluding carboxylic acids is 1. The average Bonchev–Trinajstić information content (AvgIpc) is 3.23. The van der Waals surface area contributed by atoms with Crippen molar-refractivity contribution < 1.29 is 27.4 Å². The molecule has 1 spiro atoms. The molecule has 170 valence electrons. The fourth-order valence-corrected chi connectivity index (χ4v) is 5.70. The number of hydrogen-bond acceptors (Lipinski definition) is 6. The van der Waals surface area contributed by atoms with Gasteiger partial charge in [0.1, 0.15) is 5.25 Å². The Morgan fingerprint density at radius 3 is 2.50 bits per heavy atom. The summed E-state index contributed by atoms with van der Waals surface area (Å²) in [6.07, 6.45) is 2.59. The molecule has 0 aromatic heterocycles. The zero-order chi connectivity index (χ0) is 22.6. The molecule has 2 aromatic rings. The van der Waals surface area contributed by atoms with E-state index in [1.54, 1.807) is 19.1 Å². The third-order valence-electron chi connectivity index (χ3n) is 5.65. The van der Waals surface area contributed by atoms with Crippen LogP contribution in [0.15, 0.2) is 66.2 Å². The third-order valence-corrected chi connectivity index (χ3v) is 7.39. The highest BCUT2D eigenvalue weighted by molar-refractivity contribution is 7.93. The lowest BCUT2D eigenvalue weighted by atomic mass is 9.94. The van der Waals surface area contributed by atoms with Crippen LogP contribution in [0.1, 0.15) is 30.9 Å². The molecule has 1 unspecified atom stereocenters. The van der Waals surface area contributed by atoms with Gasteiger partial charge in [0.15, 0.2) is 5.79 Å². The Morgan fingerprint density at radius 1 is 1.09 bits per heavy atom. The first-order chi connectivity index (χ1) is 15.4. The molecule has 1 fully saturated rings. The van der Waals surface area contributed by atoms with E-state index in [0.29, 0.717) is 31.7 Å². The van der Waals surface area contributed by atoms with Crippen LogP contribution in [0.3, 0.4) is 0 Å². The predicted octanol–water partition coefficient (Wildman–Crippen LogP) is 3.41. The number of sulfonamides is 1. The van der Waals surface area contributed by atoms with Crippen LogP contribution < -0.4 is 4.72 Å². The Morgan fingerprint density at radius 2 is 1.78 bits per heavy atom. The minimum atomic E-state index is -3.94. The van der Waals surface area contributed by atoms with Crippen molar-refractivity contribution in [2.75, 3.05) is 24.5 Å². The number of para-hydroxylation sites is 1. The Labute approximate surface area is 188 Å². The van der Waals surface area contributed by atoms with E-state index in [2.05, 4.69) is 4.72 Å². The van der Waals surface area contributed by atoms with E-state index >= 15 is 0 Å². The van der Waals surface area contributed by atoms with Crippen LogP contribution in [0, 0.1) is 0 Å². The Balaban J connectivity index is 1.62. The quantitative estimate of drug-likeness (QED) is 0.641. The van der Waals surface area contributed by atoms with Crippen molar-refractivity contribution in [1.29, 1.82) is 0 Å². The van der Waals surface area contributed by atoms with Gasteiger partial charge in [0.05, 0.1) is 31.1 Å². The molecule has 32 heavy (non-hydrogen) atoms. The molecule has 8 heteroatoms. The second-order valence-electron chi connectivity index (χ2n) is 7.82. The fraction of sp³-hybridized carbons (Fsp3) is 0.375. The van der Waals surface area contributed by atoms with Crippen molar-refractivity contribution in [3.05, 3.63) is 77.4 Å². The molecule has 1 aliphatic carbocycles. The lowest BCUT2D eigenvalue weighted by Gasteiger charge is -2.33. The summed E-state index contributed by atoms with van der Waals surface area (Å²) in [5.41, 5.74) is 2.46. The summed E-state index contributed by atoms with van der Waals surface area (Å²) < 4.78 is 46.1. The monoisotopic (exact) mass is 457 g/mol. The van der Waals surface area contributed by atoms with Crippen molar-refractivity contribution in [3.8, 4) is 0 Å². The number of benzene rings is 2. The van der Waals surface area contributed by atoms with Crippen LogP contribution in [-0.2, 0) is 35.4 Å². The first-order valence-electron chi connectivity index (χ1n) is 10.7. The molecule has 0 amide bonds. The van der Waals surface area contributed by atoms with Crippen LogP contribution in [0.2, 0.25) is 0 Å². The summed E-state index contributed by atoms with van der Waals surface area (Å²) >= 11 is 0. The maximum Gasteiger partial charge on any atom is 0.335 e. The highest BCUT2D eigenvalue weighted by atomic mass is 32.2. The SMILES string of the molecule is CCOC(=O)C1=CC2(CCC1S(=O)(=O)Nc1ccccc1Cc1ccccc1)OCCO2. The number of rotatable bonds is 7. The fourth-order valence-electron chi connectivity index (χ4n) is 4.13. The van der Waals surface area contributed by atoms with Gasteiger partial charge in [0.25, 0.3) is 0 Å². The molecular weight excluding hydrogens is 430 g/mol.